The Kier molecular flexibility index (Phi) is 5.67. The van der Waals surface area contributed by atoms with Gasteiger partial charge in [0.1, 0.15) is 0 Å². The number of hydrogen-bond acceptors (Lipinski definition) is 5. The van der Waals surface area contributed by atoms with Gasteiger partial charge in [-0.2, -0.15) is 0 Å². The Morgan fingerprint density at radius 3 is 3.00 bits per heavy atom. The smallest absolute Gasteiger partial charge is 0.255 e. The molecule has 1 amide bonds. The number of methoxy groups -OCH3 is 1. The van der Waals surface area contributed by atoms with Crippen LogP contribution in [0.4, 0.5) is 0 Å². The number of benzene rings is 1. The maximum absolute atomic E-state index is 10.8. The zero-order valence-electron chi connectivity index (χ0n) is 11.9. The molecule has 21 heavy (non-hydrogen) atoms. The number of hydrogen-bond donors (Lipinski definition) is 2. The van der Waals surface area contributed by atoms with Crippen LogP contribution in [-0.2, 0) is 16.1 Å². The van der Waals surface area contributed by atoms with Gasteiger partial charge in [-0.3, -0.25) is 4.79 Å². The normalized spacial score (nSPS) is 17.7. The Labute approximate surface area is 128 Å². The molecule has 1 fully saturated rings. The van der Waals surface area contributed by atoms with Crippen molar-refractivity contribution in [2.45, 2.75) is 19.0 Å². The van der Waals surface area contributed by atoms with E-state index in [4.69, 9.17) is 31.5 Å². The molecule has 1 atom stereocenters. The Morgan fingerprint density at radius 2 is 2.38 bits per heavy atom. The zero-order valence-corrected chi connectivity index (χ0v) is 12.6. The van der Waals surface area contributed by atoms with Crippen molar-refractivity contribution >= 4 is 17.5 Å². The standard InChI is InChI=1S/C14H19ClN2O4/c1-19-12-5-9(6-17-10-2-3-20-7-10)4-11(15)14(12)21-8-13(16)18/h4-5,10,17H,2-3,6-8H2,1H3,(H2,16,18). The number of carbonyl (C=O) groups is 1. The molecule has 3 N–H and O–H groups in total. The summed E-state index contributed by atoms with van der Waals surface area (Å²) in [5.74, 6) is 0.231. The van der Waals surface area contributed by atoms with E-state index >= 15 is 0 Å². The molecule has 116 valence electrons. The Hall–Kier alpha value is -1.50. The first-order chi connectivity index (χ1) is 10.1. The minimum atomic E-state index is -0.569. The Bertz CT molecular complexity index is 504. The maximum Gasteiger partial charge on any atom is 0.255 e. The lowest BCUT2D eigenvalue weighted by atomic mass is 10.1. The second-order valence-corrected chi connectivity index (χ2v) is 5.21. The highest BCUT2D eigenvalue weighted by atomic mass is 35.5. The van der Waals surface area contributed by atoms with Crippen molar-refractivity contribution < 1.29 is 19.0 Å². The van der Waals surface area contributed by atoms with Crippen LogP contribution in [0.3, 0.4) is 0 Å². The van der Waals surface area contributed by atoms with Gasteiger partial charge in [-0.25, -0.2) is 0 Å². The summed E-state index contributed by atoms with van der Waals surface area (Å²) < 4.78 is 15.8. The molecule has 0 radical (unpaired) electrons. The average molecular weight is 315 g/mol. The molecule has 1 saturated heterocycles. The van der Waals surface area contributed by atoms with Crippen LogP contribution in [0, 0.1) is 0 Å². The average Bonchev–Trinajstić information content (AvgIpc) is 2.96. The monoisotopic (exact) mass is 314 g/mol. The number of nitrogens with one attached hydrogen (secondary N) is 1. The Morgan fingerprint density at radius 1 is 1.57 bits per heavy atom. The van der Waals surface area contributed by atoms with Crippen LogP contribution in [0.15, 0.2) is 12.1 Å². The first-order valence-electron chi connectivity index (χ1n) is 6.68. The molecule has 1 unspecified atom stereocenters. The number of rotatable bonds is 7. The molecule has 6 nitrogen and oxygen atoms in total. The molecular weight excluding hydrogens is 296 g/mol. The fourth-order valence-corrected chi connectivity index (χ4v) is 2.40. The number of halogens is 1. The molecule has 1 aromatic rings. The number of nitrogens with two attached hydrogens (primary N) is 1. The van der Waals surface area contributed by atoms with Crippen LogP contribution in [-0.4, -0.2) is 38.9 Å². The molecule has 0 spiro atoms. The van der Waals surface area contributed by atoms with Gasteiger partial charge in [-0.1, -0.05) is 11.6 Å². The van der Waals surface area contributed by atoms with Crippen LogP contribution in [0.1, 0.15) is 12.0 Å². The van der Waals surface area contributed by atoms with Crippen molar-refractivity contribution in [3.8, 4) is 11.5 Å². The molecule has 7 heteroatoms. The van der Waals surface area contributed by atoms with Gasteiger partial charge in [0.2, 0.25) is 0 Å². The highest BCUT2D eigenvalue weighted by Gasteiger charge is 2.16. The Balaban J connectivity index is 2.05. The van der Waals surface area contributed by atoms with Gasteiger partial charge in [0.25, 0.3) is 5.91 Å². The van der Waals surface area contributed by atoms with E-state index in [-0.39, 0.29) is 6.61 Å². The van der Waals surface area contributed by atoms with E-state index in [9.17, 15) is 4.79 Å². The molecule has 0 aromatic heterocycles. The topological polar surface area (TPSA) is 82.8 Å². The van der Waals surface area contributed by atoms with Crippen molar-refractivity contribution in [3.63, 3.8) is 0 Å². The second kappa shape index (κ2) is 7.49. The molecule has 0 aliphatic carbocycles. The largest absolute Gasteiger partial charge is 0.493 e. The third-order valence-corrected chi connectivity index (χ3v) is 3.45. The molecule has 1 aliphatic rings. The highest BCUT2D eigenvalue weighted by molar-refractivity contribution is 6.32. The van der Waals surface area contributed by atoms with Crippen molar-refractivity contribution in [1.29, 1.82) is 0 Å². The first-order valence-corrected chi connectivity index (χ1v) is 7.06. The van der Waals surface area contributed by atoms with Gasteiger partial charge < -0.3 is 25.3 Å². The van der Waals surface area contributed by atoms with E-state index in [0.717, 1.165) is 25.2 Å². The lowest BCUT2D eigenvalue weighted by molar-refractivity contribution is -0.119. The van der Waals surface area contributed by atoms with Gasteiger partial charge in [0, 0.05) is 19.2 Å². The summed E-state index contributed by atoms with van der Waals surface area (Å²) in [6, 6.07) is 3.97. The lowest BCUT2D eigenvalue weighted by Gasteiger charge is -2.15. The van der Waals surface area contributed by atoms with Gasteiger partial charge in [-0.15, -0.1) is 0 Å². The number of ether oxygens (including phenoxy) is 3. The summed E-state index contributed by atoms with van der Waals surface area (Å²) in [5, 5.41) is 3.78. The minimum absolute atomic E-state index is 0.243. The molecule has 1 heterocycles. The summed E-state index contributed by atoms with van der Waals surface area (Å²) >= 11 is 6.18. The molecule has 2 rings (SSSR count). The molecular formula is C14H19ClN2O4. The van der Waals surface area contributed by atoms with E-state index in [0.29, 0.717) is 29.1 Å². The highest BCUT2D eigenvalue weighted by Crippen LogP contribution is 2.36. The van der Waals surface area contributed by atoms with Crippen molar-refractivity contribution in [3.05, 3.63) is 22.7 Å². The number of carbonyl (C=O) groups excluding carboxylic acids is 1. The van der Waals surface area contributed by atoms with Gasteiger partial charge in [0.05, 0.1) is 18.7 Å². The lowest BCUT2D eigenvalue weighted by Crippen LogP contribution is -2.28. The minimum Gasteiger partial charge on any atom is -0.493 e. The molecule has 1 aliphatic heterocycles. The fourth-order valence-electron chi connectivity index (χ4n) is 2.12. The maximum atomic E-state index is 10.8. The number of amides is 1. The third kappa shape index (κ3) is 4.49. The fraction of sp³-hybridized carbons (Fsp3) is 0.500. The summed E-state index contributed by atoms with van der Waals surface area (Å²) in [4.78, 5) is 10.8. The summed E-state index contributed by atoms with van der Waals surface area (Å²) in [6.45, 7) is 1.93. The summed E-state index contributed by atoms with van der Waals surface area (Å²) in [6.07, 6.45) is 1.00. The van der Waals surface area contributed by atoms with Crippen LogP contribution in [0.2, 0.25) is 5.02 Å². The second-order valence-electron chi connectivity index (χ2n) is 4.81. The SMILES string of the molecule is COc1cc(CNC2CCOC2)cc(Cl)c1OCC(N)=O. The van der Waals surface area contributed by atoms with Crippen LogP contribution >= 0.6 is 11.6 Å². The molecule has 0 bridgehead atoms. The first kappa shape index (κ1) is 15.9. The zero-order chi connectivity index (χ0) is 15.2. The van der Waals surface area contributed by atoms with Crippen LogP contribution < -0.4 is 20.5 Å². The van der Waals surface area contributed by atoms with E-state index in [2.05, 4.69) is 5.32 Å². The van der Waals surface area contributed by atoms with Gasteiger partial charge in [0.15, 0.2) is 18.1 Å². The van der Waals surface area contributed by atoms with Crippen LogP contribution in [0.25, 0.3) is 0 Å². The quantitative estimate of drug-likeness (QED) is 0.787. The summed E-state index contributed by atoms with van der Waals surface area (Å²) in [5.41, 5.74) is 6.03. The molecule has 0 saturated carbocycles. The van der Waals surface area contributed by atoms with Gasteiger partial charge in [-0.05, 0) is 24.1 Å². The van der Waals surface area contributed by atoms with E-state index in [1.54, 1.807) is 6.07 Å². The predicted octanol–water partition coefficient (Wildman–Crippen LogP) is 1.09. The van der Waals surface area contributed by atoms with E-state index < -0.39 is 5.91 Å². The predicted molar refractivity (Wildman–Crippen MR) is 78.8 cm³/mol. The van der Waals surface area contributed by atoms with Gasteiger partial charge >= 0.3 is 0 Å². The summed E-state index contributed by atoms with van der Waals surface area (Å²) in [7, 11) is 1.52. The molecule has 1 aromatic carbocycles. The van der Waals surface area contributed by atoms with E-state index in [1.807, 2.05) is 6.07 Å². The van der Waals surface area contributed by atoms with Crippen molar-refractivity contribution in [1.82, 2.24) is 5.32 Å². The van der Waals surface area contributed by atoms with Crippen molar-refractivity contribution in [2.75, 3.05) is 26.9 Å². The third-order valence-electron chi connectivity index (χ3n) is 3.17. The van der Waals surface area contributed by atoms with Crippen molar-refractivity contribution in [2.24, 2.45) is 5.73 Å². The number of primary amides is 1. The van der Waals surface area contributed by atoms with E-state index in [1.165, 1.54) is 7.11 Å². The van der Waals surface area contributed by atoms with Crippen LogP contribution in [0.5, 0.6) is 11.5 Å².